The van der Waals surface area contributed by atoms with E-state index in [1.807, 2.05) is 6.92 Å². The maximum atomic E-state index is 13.4. The van der Waals surface area contributed by atoms with E-state index in [2.05, 4.69) is 27.4 Å². The number of allylic oxidation sites excluding steroid dienone is 1. The highest BCUT2D eigenvalue weighted by Crippen LogP contribution is 2.68. The van der Waals surface area contributed by atoms with Crippen LogP contribution < -0.4 is 0 Å². The summed E-state index contributed by atoms with van der Waals surface area (Å²) >= 11 is 0. The Morgan fingerprint density at radius 2 is 1.88 bits per heavy atom. The molecule has 0 aromatic heterocycles. The first-order chi connectivity index (χ1) is 11.2. The highest BCUT2D eigenvalue weighted by Gasteiger charge is 2.67. The third-order valence-corrected chi connectivity index (χ3v) is 8.57. The van der Waals surface area contributed by atoms with Crippen LogP contribution in [0.4, 0.5) is 0 Å². The van der Waals surface area contributed by atoms with E-state index in [4.69, 9.17) is 4.74 Å². The van der Waals surface area contributed by atoms with E-state index >= 15 is 0 Å². The summed E-state index contributed by atoms with van der Waals surface area (Å²) in [5.41, 5.74) is -0.889. The smallest absolute Gasteiger partial charge is 0.145 e. The lowest BCUT2D eigenvalue weighted by Crippen LogP contribution is -2.62. The van der Waals surface area contributed by atoms with E-state index < -0.39 is 11.5 Å². The Morgan fingerprint density at radius 3 is 2.46 bits per heavy atom. The van der Waals surface area contributed by atoms with Gasteiger partial charge >= 0.3 is 0 Å². The number of carbonyl (C=O) groups excluding carboxylic acids is 1. The molecule has 0 saturated heterocycles. The Kier molecular flexibility index (Phi) is 4.28. The molecule has 0 spiro atoms. The van der Waals surface area contributed by atoms with Gasteiger partial charge in [-0.25, -0.2) is 0 Å². The minimum atomic E-state index is -0.639. The van der Waals surface area contributed by atoms with Crippen molar-refractivity contribution >= 4 is 5.78 Å². The van der Waals surface area contributed by atoms with Gasteiger partial charge in [0.25, 0.3) is 0 Å². The number of aliphatic hydroxyl groups excluding tert-OH is 1. The minimum Gasteiger partial charge on any atom is -0.392 e. The molecule has 2 bridgehead atoms. The van der Waals surface area contributed by atoms with Gasteiger partial charge in [-0.3, -0.25) is 4.79 Å². The van der Waals surface area contributed by atoms with Crippen molar-refractivity contribution in [1.29, 1.82) is 0 Å². The van der Waals surface area contributed by atoms with E-state index in [1.54, 1.807) is 13.2 Å². The van der Waals surface area contributed by atoms with Gasteiger partial charge in [0.2, 0.25) is 0 Å². The van der Waals surface area contributed by atoms with Crippen LogP contribution in [0.2, 0.25) is 0 Å². The summed E-state index contributed by atoms with van der Waals surface area (Å²) in [7, 11) is 1.79. The van der Waals surface area contributed by atoms with Gasteiger partial charge < -0.3 is 9.84 Å². The quantitative estimate of drug-likeness (QED) is 0.777. The summed E-state index contributed by atoms with van der Waals surface area (Å²) in [5.74, 6) is 0.929. The fourth-order valence-electron chi connectivity index (χ4n) is 6.66. The molecule has 3 heteroatoms. The van der Waals surface area contributed by atoms with Gasteiger partial charge in [-0.1, -0.05) is 26.8 Å². The number of rotatable bonds is 2. The minimum absolute atomic E-state index is 0.00928. The molecule has 0 amide bonds. The largest absolute Gasteiger partial charge is 0.392 e. The number of carbonyl (C=O) groups is 1. The Balaban J connectivity index is 2.21. The predicted molar refractivity (Wildman–Crippen MR) is 95.6 cm³/mol. The van der Waals surface area contributed by atoms with Crippen LogP contribution in [0.1, 0.15) is 59.8 Å². The van der Waals surface area contributed by atoms with E-state index in [0.717, 1.165) is 25.7 Å². The molecule has 0 aromatic rings. The molecule has 3 fully saturated rings. The average molecular weight is 334 g/mol. The van der Waals surface area contributed by atoms with Gasteiger partial charge in [-0.2, -0.15) is 0 Å². The van der Waals surface area contributed by atoms with Gasteiger partial charge in [0.1, 0.15) is 5.78 Å². The van der Waals surface area contributed by atoms with E-state index in [9.17, 15) is 9.90 Å². The molecule has 3 aliphatic carbocycles. The lowest BCUT2D eigenvalue weighted by Gasteiger charge is -2.61. The van der Waals surface area contributed by atoms with Crippen molar-refractivity contribution in [3.63, 3.8) is 0 Å². The Bertz CT molecular complexity index is 543. The summed E-state index contributed by atoms with van der Waals surface area (Å²) in [6.45, 7) is 12.6. The fraction of sp³-hybridized carbons (Fsp3) is 0.857. The summed E-state index contributed by atoms with van der Waals surface area (Å²) < 4.78 is 5.89. The average Bonchev–Trinajstić information content (AvgIpc) is 2.96. The van der Waals surface area contributed by atoms with Crippen molar-refractivity contribution in [2.45, 2.75) is 72.0 Å². The van der Waals surface area contributed by atoms with Crippen molar-refractivity contribution in [3.05, 3.63) is 12.7 Å². The number of aliphatic hydroxyl groups is 1. The highest BCUT2D eigenvalue weighted by atomic mass is 16.5. The molecule has 2 unspecified atom stereocenters. The number of hydrogen-bond donors (Lipinski definition) is 1. The van der Waals surface area contributed by atoms with Crippen LogP contribution in [-0.4, -0.2) is 30.2 Å². The fourth-order valence-corrected chi connectivity index (χ4v) is 6.66. The molecule has 0 aliphatic heterocycles. The predicted octanol–water partition coefficient (Wildman–Crippen LogP) is 4.00. The Hall–Kier alpha value is -0.670. The van der Waals surface area contributed by atoms with E-state index in [1.165, 1.54) is 0 Å². The van der Waals surface area contributed by atoms with E-state index in [-0.39, 0.29) is 34.6 Å². The molecule has 0 radical (unpaired) electrons. The molecule has 3 nitrogen and oxygen atoms in total. The number of methoxy groups -OCH3 is 1. The van der Waals surface area contributed by atoms with Crippen LogP contribution in [0.25, 0.3) is 0 Å². The third-order valence-electron chi connectivity index (χ3n) is 8.57. The monoisotopic (exact) mass is 334 g/mol. The molecule has 8 atom stereocenters. The molecule has 3 saturated carbocycles. The molecule has 1 N–H and O–H groups in total. The van der Waals surface area contributed by atoms with Crippen molar-refractivity contribution in [1.82, 2.24) is 0 Å². The number of ether oxygens (including phenoxy) is 1. The van der Waals surface area contributed by atoms with Crippen LogP contribution in [-0.2, 0) is 9.53 Å². The lowest BCUT2D eigenvalue weighted by molar-refractivity contribution is -0.188. The molecule has 0 heterocycles. The van der Waals surface area contributed by atoms with E-state index in [0.29, 0.717) is 12.3 Å². The van der Waals surface area contributed by atoms with Crippen LogP contribution >= 0.6 is 0 Å². The summed E-state index contributed by atoms with van der Waals surface area (Å²) in [6, 6.07) is 0. The molecule has 3 rings (SSSR count). The molecule has 24 heavy (non-hydrogen) atoms. The first-order valence-electron chi connectivity index (χ1n) is 9.56. The zero-order chi connectivity index (χ0) is 17.9. The maximum absolute atomic E-state index is 13.4. The second-order valence-electron chi connectivity index (χ2n) is 9.26. The second kappa shape index (κ2) is 5.67. The van der Waals surface area contributed by atoms with Gasteiger partial charge in [0.15, 0.2) is 0 Å². The van der Waals surface area contributed by atoms with Gasteiger partial charge in [-0.05, 0) is 56.3 Å². The number of hydrogen-bond acceptors (Lipinski definition) is 3. The zero-order valence-corrected chi connectivity index (χ0v) is 16.0. The normalized spacial score (nSPS) is 54.8. The first kappa shape index (κ1) is 18.1. The molecular formula is C21H34O3. The van der Waals surface area contributed by atoms with Gasteiger partial charge in [-0.15, -0.1) is 6.58 Å². The highest BCUT2D eigenvalue weighted by molar-refractivity contribution is 5.89. The topological polar surface area (TPSA) is 46.5 Å². The molecule has 3 aliphatic rings. The molecular weight excluding hydrogens is 300 g/mol. The van der Waals surface area contributed by atoms with Crippen molar-refractivity contribution in [2.24, 2.45) is 34.0 Å². The number of ketones is 1. The van der Waals surface area contributed by atoms with Crippen molar-refractivity contribution in [3.8, 4) is 0 Å². The Labute approximate surface area is 146 Å². The summed E-state index contributed by atoms with van der Waals surface area (Å²) in [5, 5.41) is 11.3. The lowest BCUT2D eigenvalue weighted by atomic mass is 9.44. The van der Waals surface area contributed by atoms with Crippen LogP contribution in [0.3, 0.4) is 0 Å². The van der Waals surface area contributed by atoms with Crippen LogP contribution in [0.15, 0.2) is 12.7 Å². The molecule has 0 aromatic carbocycles. The van der Waals surface area contributed by atoms with Crippen molar-refractivity contribution in [2.75, 3.05) is 7.11 Å². The van der Waals surface area contributed by atoms with Gasteiger partial charge in [0, 0.05) is 23.9 Å². The number of Topliss-reactive ketones (excluding diaryl/α,β-unsaturated/α-hetero) is 1. The zero-order valence-electron chi connectivity index (χ0n) is 16.0. The maximum Gasteiger partial charge on any atom is 0.145 e. The summed E-state index contributed by atoms with van der Waals surface area (Å²) in [4.78, 5) is 13.4. The summed E-state index contributed by atoms with van der Waals surface area (Å²) in [6.07, 6.45) is 6.08. The van der Waals surface area contributed by atoms with Crippen molar-refractivity contribution < 1.29 is 14.6 Å². The van der Waals surface area contributed by atoms with Gasteiger partial charge in [0.05, 0.1) is 12.2 Å². The third kappa shape index (κ3) is 2.07. The first-order valence-corrected chi connectivity index (χ1v) is 9.56. The standard InChI is InChI=1S/C21H34O3/c1-7-19(4)12-16(22)20(5)13(2)8-10-21(14(3)18(19)23)11-9-15(24-6)17(20)21/h7,13-17,22H,1,8-12H2,2-6H3/t13-,14+,15-,16-,17?,19-,20+,21?/m1/s1. The molecule has 136 valence electrons. The van der Waals surface area contributed by atoms with Crippen LogP contribution in [0, 0.1) is 34.0 Å². The second-order valence-corrected chi connectivity index (χ2v) is 9.26. The SMILES string of the molecule is C=C[C@]1(C)C[C@@H](O)[C@@]2(C)C3[C@H](OC)CCC3(CC[C@H]2C)[C@@H](C)C1=O. The van der Waals surface area contributed by atoms with Crippen LogP contribution in [0.5, 0.6) is 0 Å². The Morgan fingerprint density at radius 1 is 1.25 bits per heavy atom.